The van der Waals surface area contributed by atoms with Gasteiger partial charge < -0.3 is 10.6 Å². The average molecular weight is 357 g/mol. The normalized spacial score (nSPS) is 11.0. The van der Waals surface area contributed by atoms with Crippen LogP contribution in [0.2, 0.25) is 0 Å². The molecule has 7 heteroatoms. The summed E-state index contributed by atoms with van der Waals surface area (Å²) in [6, 6.07) is 15.2. The van der Waals surface area contributed by atoms with Gasteiger partial charge in [0.1, 0.15) is 0 Å². The van der Waals surface area contributed by atoms with E-state index in [0.29, 0.717) is 11.4 Å². The largest absolute Gasteiger partial charge is 0.416 e. The summed E-state index contributed by atoms with van der Waals surface area (Å²) in [5, 5.41) is 5.56. The third-order valence-corrected chi connectivity index (χ3v) is 3.51. The van der Waals surface area contributed by atoms with Crippen LogP contribution in [0.5, 0.6) is 0 Å². The van der Waals surface area contributed by atoms with E-state index in [0.717, 1.165) is 12.1 Å². The first-order chi connectivity index (χ1) is 12.4. The molecule has 0 radical (unpaired) electrons. The maximum Gasteiger partial charge on any atom is 0.416 e. The minimum Gasteiger partial charge on any atom is -0.354 e. The molecule has 1 amide bonds. The van der Waals surface area contributed by atoms with Crippen LogP contribution in [0.3, 0.4) is 0 Å². The van der Waals surface area contributed by atoms with E-state index < -0.39 is 11.7 Å². The molecule has 26 heavy (non-hydrogen) atoms. The number of hydrogen-bond acceptors (Lipinski definition) is 3. The molecular formula is C19H14F3N3O. The number of anilines is 3. The van der Waals surface area contributed by atoms with Gasteiger partial charge in [-0.3, -0.25) is 9.78 Å². The number of rotatable bonds is 4. The van der Waals surface area contributed by atoms with Crippen LogP contribution in [0.15, 0.2) is 73.1 Å². The van der Waals surface area contributed by atoms with E-state index in [1.807, 2.05) is 6.07 Å². The smallest absolute Gasteiger partial charge is 0.354 e. The van der Waals surface area contributed by atoms with Gasteiger partial charge in [0, 0.05) is 17.6 Å². The summed E-state index contributed by atoms with van der Waals surface area (Å²) in [4.78, 5) is 16.2. The number of amides is 1. The van der Waals surface area contributed by atoms with E-state index in [4.69, 9.17) is 0 Å². The summed E-state index contributed by atoms with van der Waals surface area (Å²) in [6.07, 6.45) is -1.61. The summed E-state index contributed by atoms with van der Waals surface area (Å²) in [5.41, 5.74) is 0.820. The standard InChI is InChI=1S/C19H14F3N3O/c20-19(21,22)14-5-4-8-16(10-14)24-17-9-13(11-23-12-17)18(26)25-15-6-2-1-3-7-15/h1-12,24H,(H,25,26). The number of carbonyl (C=O) groups excluding carboxylic acids is 1. The molecule has 0 aliphatic rings. The third-order valence-electron chi connectivity index (χ3n) is 3.51. The molecule has 0 unspecified atom stereocenters. The lowest BCUT2D eigenvalue weighted by Gasteiger charge is -2.11. The molecule has 132 valence electrons. The van der Waals surface area contributed by atoms with Crippen molar-refractivity contribution in [2.45, 2.75) is 6.18 Å². The maximum atomic E-state index is 12.8. The van der Waals surface area contributed by atoms with E-state index in [2.05, 4.69) is 15.6 Å². The Labute approximate surface area is 147 Å². The number of hydrogen-bond donors (Lipinski definition) is 2. The molecule has 4 nitrogen and oxygen atoms in total. The lowest BCUT2D eigenvalue weighted by atomic mass is 10.2. The van der Waals surface area contributed by atoms with Crippen LogP contribution >= 0.6 is 0 Å². The number of para-hydroxylation sites is 1. The predicted octanol–water partition coefficient (Wildman–Crippen LogP) is 5.10. The Morgan fingerprint density at radius 1 is 0.846 bits per heavy atom. The van der Waals surface area contributed by atoms with Gasteiger partial charge >= 0.3 is 6.18 Å². The molecular weight excluding hydrogens is 343 g/mol. The molecule has 0 saturated heterocycles. The van der Waals surface area contributed by atoms with Crippen LogP contribution in [0, 0.1) is 0 Å². The highest BCUT2D eigenvalue weighted by Crippen LogP contribution is 2.31. The summed E-state index contributed by atoms with van der Waals surface area (Å²) < 4.78 is 38.4. The Kier molecular flexibility index (Phi) is 4.88. The second kappa shape index (κ2) is 7.26. The van der Waals surface area contributed by atoms with Crippen molar-refractivity contribution in [1.82, 2.24) is 4.98 Å². The highest BCUT2D eigenvalue weighted by atomic mass is 19.4. The number of benzene rings is 2. The first kappa shape index (κ1) is 17.5. The minimum atomic E-state index is -4.42. The van der Waals surface area contributed by atoms with Crippen molar-refractivity contribution in [3.63, 3.8) is 0 Å². The van der Waals surface area contributed by atoms with Crippen LogP contribution in [0.25, 0.3) is 0 Å². The lowest BCUT2D eigenvalue weighted by molar-refractivity contribution is -0.137. The van der Waals surface area contributed by atoms with Crippen LogP contribution in [0.4, 0.5) is 30.2 Å². The fourth-order valence-corrected chi connectivity index (χ4v) is 2.30. The third kappa shape index (κ3) is 4.38. The van der Waals surface area contributed by atoms with Crippen molar-refractivity contribution in [2.75, 3.05) is 10.6 Å². The zero-order chi connectivity index (χ0) is 18.6. The fourth-order valence-electron chi connectivity index (χ4n) is 2.30. The number of aromatic nitrogens is 1. The second-order valence-corrected chi connectivity index (χ2v) is 5.49. The first-order valence-electron chi connectivity index (χ1n) is 7.67. The van der Waals surface area contributed by atoms with Gasteiger partial charge in [-0.2, -0.15) is 13.2 Å². The topological polar surface area (TPSA) is 54.0 Å². The summed E-state index contributed by atoms with van der Waals surface area (Å²) in [7, 11) is 0. The zero-order valence-corrected chi connectivity index (χ0v) is 13.4. The Bertz CT molecular complexity index is 911. The van der Waals surface area contributed by atoms with Crippen molar-refractivity contribution < 1.29 is 18.0 Å². The monoisotopic (exact) mass is 357 g/mol. The number of pyridine rings is 1. The molecule has 2 aromatic carbocycles. The van der Waals surface area contributed by atoms with Crippen molar-refractivity contribution in [2.24, 2.45) is 0 Å². The summed E-state index contributed by atoms with van der Waals surface area (Å²) in [5.74, 6) is -0.364. The average Bonchev–Trinajstić information content (AvgIpc) is 2.62. The summed E-state index contributed by atoms with van der Waals surface area (Å²) >= 11 is 0. The molecule has 0 saturated carbocycles. The fraction of sp³-hybridized carbons (Fsp3) is 0.0526. The Hall–Kier alpha value is -3.35. The highest BCUT2D eigenvalue weighted by Gasteiger charge is 2.30. The molecule has 1 heterocycles. The molecule has 0 aliphatic heterocycles. The highest BCUT2D eigenvalue weighted by molar-refractivity contribution is 6.04. The number of halogens is 3. The quantitative estimate of drug-likeness (QED) is 0.683. The molecule has 3 aromatic rings. The SMILES string of the molecule is O=C(Nc1ccccc1)c1cncc(Nc2cccc(C(F)(F)F)c2)c1. The van der Waals surface area contributed by atoms with E-state index in [1.54, 1.807) is 24.3 Å². The van der Waals surface area contributed by atoms with Crippen molar-refractivity contribution in [3.05, 3.63) is 84.2 Å². The molecule has 1 aromatic heterocycles. The molecule has 0 bridgehead atoms. The van der Waals surface area contributed by atoms with E-state index in [-0.39, 0.29) is 17.2 Å². The second-order valence-electron chi connectivity index (χ2n) is 5.49. The molecule has 3 rings (SSSR count). The van der Waals surface area contributed by atoms with Gasteiger partial charge in [-0.1, -0.05) is 24.3 Å². The van der Waals surface area contributed by atoms with E-state index in [1.165, 1.54) is 30.6 Å². The molecule has 0 fully saturated rings. The molecule has 0 aliphatic carbocycles. The predicted molar refractivity (Wildman–Crippen MR) is 93.4 cm³/mol. The van der Waals surface area contributed by atoms with Gasteiger partial charge in [-0.15, -0.1) is 0 Å². The number of alkyl halides is 3. The Balaban J connectivity index is 1.76. The Morgan fingerprint density at radius 3 is 2.31 bits per heavy atom. The van der Waals surface area contributed by atoms with Gasteiger partial charge in [0.2, 0.25) is 0 Å². The van der Waals surface area contributed by atoms with Crippen molar-refractivity contribution in [1.29, 1.82) is 0 Å². The van der Waals surface area contributed by atoms with Gasteiger partial charge in [-0.05, 0) is 36.4 Å². The van der Waals surface area contributed by atoms with Gasteiger partial charge in [0.05, 0.1) is 23.0 Å². The number of nitrogens with zero attached hydrogens (tertiary/aromatic N) is 1. The molecule has 2 N–H and O–H groups in total. The van der Waals surface area contributed by atoms with Gasteiger partial charge in [0.25, 0.3) is 5.91 Å². The number of carbonyl (C=O) groups is 1. The summed E-state index contributed by atoms with van der Waals surface area (Å²) in [6.45, 7) is 0. The van der Waals surface area contributed by atoms with Gasteiger partial charge in [-0.25, -0.2) is 0 Å². The molecule has 0 atom stereocenters. The van der Waals surface area contributed by atoms with Crippen LogP contribution in [-0.4, -0.2) is 10.9 Å². The lowest BCUT2D eigenvalue weighted by Crippen LogP contribution is -2.12. The maximum absolute atomic E-state index is 12.8. The minimum absolute atomic E-state index is 0.252. The van der Waals surface area contributed by atoms with Crippen molar-refractivity contribution >= 4 is 23.0 Å². The van der Waals surface area contributed by atoms with Crippen molar-refractivity contribution in [3.8, 4) is 0 Å². The van der Waals surface area contributed by atoms with E-state index >= 15 is 0 Å². The van der Waals surface area contributed by atoms with Gasteiger partial charge in [0.15, 0.2) is 0 Å². The van der Waals surface area contributed by atoms with Crippen LogP contribution in [-0.2, 0) is 6.18 Å². The Morgan fingerprint density at radius 2 is 1.58 bits per heavy atom. The van der Waals surface area contributed by atoms with Crippen LogP contribution < -0.4 is 10.6 Å². The van der Waals surface area contributed by atoms with Crippen LogP contribution in [0.1, 0.15) is 15.9 Å². The zero-order valence-electron chi connectivity index (χ0n) is 13.4. The molecule has 0 spiro atoms. The number of nitrogens with one attached hydrogen (secondary N) is 2. The van der Waals surface area contributed by atoms with E-state index in [9.17, 15) is 18.0 Å². The first-order valence-corrected chi connectivity index (χ1v) is 7.67.